The molecular formula is C21H17Br2NO2. The minimum absolute atomic E-state index is 0.283. The van der Waals surface area contributed by atoms with Crippen LogP contribution in [0.2, 0.25) is 0 Å². The number of benzene rings is 2. The number of carbonyl (C=O) groups excluding carboxylic acids is 2. The first-order valence-corrected chi connectivity index (χ1v) is 10.2. The Bertz CT molecular complexity index is 908. The summed E-state index contributed by atoms with van der Waals surface area (Å²) in [6.45, 7) is 0.308. The van der Waals surface area contributed by atoms with E-state index in [1.165, 1.54) is 27.2 Å². The Morgan fingerprint density at radius 1 is 0.731 bits per heavy atom. The molecule has 5 heteroatoms. The maximum atomic E-state index is 12.4. The average molecular weight is 475 g/mol. The average Bonchev–Trinajstić information content (AvgIpc) is 2.82. The summed E-state index contributed by atoms with van der Waals surface area (Å²) in [4.78, 5) is 26.0. The van der Waals surface area contributed by atoms with Gasteiger partial charge in [-0.05, 0) is 85.4 Å². The maximum absolute atomic E-state index is 12.4. The molecule has 0 atom stereocenters. The van der Waals surface area contributed by atoms with E-state index in [4.69, 9.17) is 0 Å². The van der Waals surface area contributed by atoms with Crippen LogP contribution >= 0.6 is 31.9 Å². The van der Waals surface area contributed by atoms with Gasteiger partial charge in [0, 0.05) is 0 Å². The predicted molar refractivity (Wildman–Crippen MR) is 108 cm³/mol. The fourth-order valence-corrected chi connectivity index (χ4v) is 4.26. The van der Waals surface area contributed by atoms with Gasteiger partial charge in [0.2, 0.25) is 0 Å². The number of rotatable bonds is 2. The van der Waals surface area contributed by atoms with E-state index in [2.05, 4.69) is 74.3 Å². The van der Waals surface area contributed by atoms with Gasteiger partial charge in [-0.3, -0.25) is 14.5 Å². The number of nitrogens with zero attached hydrogens (tertiary/aromatic N) is 1. The zero-order valence-corrected chi connectivity index (χ0v) is 17.3. The SMILES string of the molecule is O=C1C(Br)=C(Br)C(=O)N1Cc1cc2ccc1CCc1ccc(cc1)CC2. The van der Waals surface area contributed by atoms with Gasteiger partial charge in [-0.1, -0.05) is 42.5 Å². The summed E-state index contributed by atoms with van der Waals surface area (Å²) in [5.41, 5.74) is 6.13. The van der Waals surface area contributed by atoms with E-state index in [-0.39, 0.29) is 11.8 Å². The normalized spacial score (nSPS) is 17.1. The van der Waals surface area contributed by atoms with Crippen molar-refractivity contribution < 1.29 is 9.59 Å². The second-order valence-electron chi connectivity index (χ2n) is 6.74. The summed E-state index contributed by atoms with van der Waals surface area (Å²) in [5, 5.41) is 0. The van der Waals surface area contributed by atoms with Crippen molar-refractivity contribution in [3.63, 3.8) is 0 Å². The van der Waals surface area contributed by atoms with Crippen molar-refractivity contribution in [2.45, 2.75) is 32.2 Å². The number of carbonyl (C=O) groups is 2. The van der Waals surface area contributed by atoms with Crippen LogP contribution in [-0.4, -0.2) is 16.7 Å². The van der Waals surface area contributed by atoms with E-state index >= 15 is 0 Å². The van der Waals surface area contributed by atoms with Gasteiger partial charge in [0.25, 0.3) is 11.8 Å². The van der Waals surface area contributed by atoms with Crippen molar-refractivity contribution in [3.8, 4) is 0 Å². The molecule has 0 spiro atoms. The maximum Gasteiger partial charge on any atom is 0.269 e. The van der Waals surface area contributed by atoms with Crippen LogP contribution in [0.5, 0.6) is 0 Å². The second-order valence-corrected chi connectivity index (χ2v) is 8.33. The lowest BCUT2D eigenvalue weighted by molar-refractivity contribution is -0.137. The van der Waals surface area contributed by atoms with Gasteiger partial charge in [0.05, 0.1) is 6.54 Å². The third-order valence-electron chi connectivity index (χ3n) is 5.07. The number of aryl methyl sites for hydroxylation is 4. The lowest BCUT2D eigenvalue weighted by Gasteiger charge is -2.19. The molecule has 7 rings (SSSR count). The van der Waals surface area contributed by atoms with Crippen molar-refractivity contribution in [2.75, 3.05) is 0 Å². The third-order valence-corrected chi connectivity index (χ3v) is 7.07. The van der Waals surface area contributed by atoms with Gasteiger partial charge in [-0.25, -0.2) is 0 Å². The largest absolute Gasteiger partial charge is 0.269 e. The summed E-state index contributed by atoms with van der Waals surface area (Å²) in [6, 6.07) is 15.3. The molecule has 132 valence electrons. The summed E-state index contributed by atoms with van der Waals surface area (Å²) in [5.74, 6) is -0.566. The molecule has 2 amide bonds. The highest BCUT2D eigenvalue weighted by Crippen LogP contribution is 2.31. The standard InChI is InChI=1S/C21H17Br2NO2/c22-18-19(23)21(26)24(20(18)25)12-17-11-15-6-5-13-1-3-14(4-2-13)7-9-16(17)10-8-15/h1-4,8,10-11H,5-7,9,12H2. The first-order chi connectivity index (χ1) is 12.5. The summed E-state index contributed by atoms with van der Waals surface area (Å²) < 4.78 is 0.600. The smallest absolute Gasteiger partial charge is 0.269 e. The van der Waals surface area contributed by atoms with Crippen molar-refractivity contribution in [1.82, 2.24) is 4.90 Å². The Balaban J connectivity index is 1.65. The summed E-state index contributed by atoms with van der Waals surface area (Å²) in [6.07, 6.45) is 3.76. The van der Waals surface area contributed by atoms with Gasteiger partial charge in [0.15, 0.2) is 0 Å². The van der Waals surface area contributed by atoms with Crippen molar-refractivity contribution in [2.24, 2.45) is 0 Å². The topological polar surface area (TPSA) is 37.4 Å². The minimum atomic E-state index is -0.283. The molecule has 0 saturated carbocycles. The molecule has 26 heavy (non-hydrogen) atoms. The number of amides is 2. The molecule has 1 aliphatic heterocycles. The molecule has 0 N–H and O–H groups in total. The Morgan fingerprint density at radius 2 is 1.23 bits per heavy atom. The van der Waals surface area contributed by atoms with Crippen LogP contribution < -0.4 is 0 Å². The number of hydrogen-bond donors (Lipinski definition) is 0. The molecule has 0 unspecified atom stereocenters. The van der Waals surface area contributed by atoms with E-state index in [0.717, 1.165) is 31.2 Å². The summed E-state index contributed by atoms with van der Waals surface area (Å²) in [7, 11) is 0. The van der Waals surface area contributed by atoms with Crippen LogP contribution in [0.1, 0.15) is 27.8 Å². The molecule has 0 saturated heterocycles. The molecule has 0 fully saturated rings. The first kappa shape index (κ1) is 17.7. The fourth-order valence-electron chi connectivity index (χ4n) is 3.50. The second kappa shape index (κ2) is 7.12. The molecule has 2 aromatic carbocycles. The van der Waals surface area contributed by atoms with Crippen LogP contribution in [-0.2, 0) is 41.8 Å². The van der Waals surface area contributed by atoms with E-state index in [0.29, 0.717) is 15.5 Å². The van der Waals surface area contributed by atoms with E-state index in [9.17, 15) is 9.59 Å². The highest BCUT2D eigenvalue weighted by molar-refractivity contribution is 9.14. The zero-order valence-electron chi connectivity index (χ0n) is 14.1. The van der Waals surface area contributed by atoms with Crippen LogP contribution in [0.25, 0.3) is 0 Å². The quantitative estimate of drug-likeness (QED) is 0.603. The van der Waals surface area contributed by atoms with Crippen LogP contribution in [0.4, 0.5) is 0 Å². The van der Waals surface area contributed by atoms with Gasteiger partial charge in [-0.15, -0.1) is 0 Å². The Morgan fingerprint density at radius 3 is 1.85 bits per heavy atom. The summed E-state index contributed by atoms with van der Waals surface area (Å²) >= 11 is 6.40. The highest BCUT2D eigenvalue weighted by Gasteiger charge is 2.36. The van der Waals surface area contributed by atoms with Crippen molar-refractivity contribution in [3.05, 3.63) is 79.2 Å². The molecule has 5 aliphatic rings. The predicted octanol–water partition coefficient (Wildman–Crippen LogP) is 4.44. The van der Waals surface area contributed by atoms with E-state index in [1.807, 2.05) is 0 Å². The lowest BCUT2D eigenvalue weighted by Crippen LogP contribution is -2.31. The Labute approximate surface area is 169 Å². The monoisotopic (exact) mass is 473 g/mol. The lowest BCUT2D eigenvalue weighted by atomic mass is 9.93. The number of imide groups is 1. The van der Waals surface area contributed by atoms with Crippen LogP contribution in [0.3, 0.4) is 0 Å². The molecule has 1 heterocycles. The Kier molecular flexibility index (Phi) is 4.84. The van der Waals surface area contributed by atoms with E-state index in [1.54, 1.807) is 0 Å². The minimum Gasteiger partial charge on any atom is -0.269 e. The fraction of sp³-hybridized carbons (Fsp3) is 0.238. The third kappa shape index (κ3) is 3.30. The molecular weight excluding hydrogens is 458 g/mol. The molecule has 0 aromatic heterocycles. The Hall–Kier alpha value is -1.72. The first-order valence-electron chi connectivity index (χ1n) is 8.63. The molecule has 4 aliphatic carbocycles. The van der Waals surface area contributed by atoms with E-state index < -0.39 is 0 Å². The number of hydrogen-bond acceptors (Lipinski definition) is 2. The van der Waals surface area contributed by atoms with Gasteiger partial charge >= 0.3 is 0 Å². The van der Waals surface area contributed by atoms with Gasteiger partial charge in [-0.2, -0.15) is 0 Å². The van der Waals surface area contributed by atoms with Gasteiger partial charge in [0.1, 0.15) is 8.96 Å². The molecule has 4 bridgehead atoms. The van der Waals surface area contributed by atoms with Crippen LogP contribution in [0.15, 0.2) is 51.4 Å². The molecule has 2 aromatic rings. The zero-order chi connectivity index (χ0) is 18.3. The van der Waals surface area contributed by atoms with Gasteiger partial charge < -0.3 is 0 Å². The van der Waals surface area contributed by atoms with Crippen molar-refractivity contribution >= 4 is 43.7 Å². The van der Waals surface area contributed by atoms with Crippen LogP contribution in [0, 0.1) is 0 Å². The number of halogens is 2. The highest BCUT2D eigenvalue weighted by atomic mass is 79.9. The molecule has 3 nitrogen and oxygen atoms in total. The van der Waals surface area contributed by atoms with Crippen molar-refractivity contribution in [1.29, 1.82) is 0 Å². The molecule has 0 radical (unpaired) electrons.